The zero-order chi connectivity index (χ0) is 13.2. The fraction of sp³-hybridized carbons (Fsp3) is 0.500. The number of anilines is 1. The van der Waals surface area contributed by atoms with E-state index in [4.69, 9.17) is 0 Å². The molecule has 0 aliphatic carbocycles. The number of carbonyl (C=O) groups excluding carboxylic acids is 1. The fourth-order valence-corrected chi connectivity index (χ4v) is 2.40. The Balaban J connectivity index is 2.21. The second kappa shape index (κ2) is 4.98. The first-order valence-electron chi connectivity index (χ1n) is 6.35. The molecule has 0 unspecified atom stereocenters. The lowest BCUT2D eigenvalue weighted by molar-refractivity contribution is 0.0963. The predicted octanol–water partition coefficient (Wildman–Crippen LogP) is 1.23. The monoisotopic (exact) mass is 247 g/mol. The minimum atomic E-state index is -0.0406. The second-order valence-electron chi connectivity index (χ2n) is 5.27. The molecular formula is C14H21N3O. The molecule has 4 heteroatoms. The molecule has 1 heterocycles. The molecule has 18 heavy (non-hydrogen) atoms. The van der Waals surface area contributed by atoms with Gasteiger partial charge in [-0.15, -0.1) is 0 Å². The molecule has 1 fully saturated rings. The van der Waals surface area contributed by atoms with Gasteiger partial charge in [0.2, 0.25) is 0 Å². The number of nitrogens with one attached hydrogen (secondary N) is 2. The van der Waals surface area contributed by atoms with Crippen molar-refractivity contribution in [1.29, 1.82) is 0 Å². The van der Waals surface area contributed by atoms with Crippen LogP contribution in [0.2, 0.25) is 0 Å². The number of benzene rings is 1. The van der Waals surface area contributed by atoms with Gasteiger partial charge in [-0.3, -0.25) is 4.79 Å². The predicted molar refractivity (Wildman–Crippen MR) is 74.1 cm³/mol. The van der Waals surface area contributed by atoms with E-state index < -0.39 is 0 Å². The summed E-state index contributed by atoms with van der Waals surface area (Å²) in [4.78, 5) is 13.9. The van der Waals surface area contributed by atoms with E-state index in [0.29, 0.717) is 5.56 Å². The van der Waals surface area contributed by atoms with Crippen molar-refractivity contribution < 1.29 is 4.79 Å². The second-order valence-corrected chi connectivity index (χ2v) is 5.27. The Hall–Kier alpha value is -1.55. The van der Waals surface area contributed by atoms with Crippen LogP contribution in [-0.2, 0) is 0 Å². The summed E-state index contributed by atoms with van der Waals surface area (Å²) in [5.74, 6) is -0.0406. The smallest absolute Gasteiger partial charge is 0.251 e. The van der Waals surface area contributed by atoms with Gasteiger partial charge < -0.3 is 15.5 Å². The van der Waals surface area contributed by atoms with Crippen LogP contribution < -0.4 is 15.5 Å². The third-order valence-corrected chi connectivity index (χ3v) is 3.47. The van der Waals surface area contributed by atoms with Crippen molar-refractivity contribution in [3.63, 3.8) is 0 Å². The number of amides is 1. The number of piperazine rings is 1. The number of rotatable bonds is 2. The maximum absolute atomic E-state index is 11.5. The first-order chi connectivity index (χ1) is 8.54. The molecule has 2 rings (SSSR count). The number of carbonyl (C=O) groups is 1. The largest absolute Gasteiger partial charge is 0.364 e. The lowest BCUT2D eigenvalue weighted by atomic mass is 9.99. The van der Waals surface area contributed by atoms with Crippen molar-refractivity contribution in [2.75, 3.05) is 31.6 Å². The van der Waals surface area contributed by atoms with E-state index in [-0.39, 0.29) is 11.4 Å². The van der Waals surface area contributed by atoms with E-state index >= 15 is 0 Å². The van der Waals surface area contributed by atoms with Crippen LogP contribution in [0.3, 0.4) is 0 Å². The van der Waals surface area contributed by atoms with Gasteiger partial charge in [-0.25, -0.2) is 0 Å². The van der Waals surface area contributed by atoms with Crippen LogP contribution in [0.25, 0.3) is 0 Å². The molecule has 0 aromatic heterocycles. The van der Waals surface area contributed by atoms with Crippen molar-refractivity contribution in [3.05, 3.63) is 29.8 Å². The highest BCUT2D eigenvalue weighted by Crippen LogP contribution is 2.25. The third kappa shape index (κ3) is 2.48. The first kappa shape index (κ1) is 12.9. The average molecular weight is 247 g/mol. The molecular weight excluding hydrogens is 226 g/mol. The minimum absolute atomic E-state index is 0.0406. The molecule has 1 aromatic carbocycles. The summed E-state index contributed by atoms with van der Waals surface area (Å²) in [5.41, 5.74) is 1.98. The number of nitrogens with zero attached hydrogens (tertiary/aromatic N) is 1. The molecule has 1 saturated heterocycles. The molecule has 98 valence electrons. The normalized spacial score (nSPS) is 18.5. The van der Waals surface area contributed by atoms with Gasteiger partial charge in [0.05, 0.1) is 0 Å². The first-order valence-corrected chi connectivity index (χ1v) is 6.35. The van der Waals surface area contributed by atoms with Crippen molar-refractivity contribution in [2.45, 2.75) is 19.4 Å². The van der Waals surface area contributed by atoms with E-state index in [0.717, 1.165) is 19.6 Å². The van der Waals surface area contributed by atoms with Gasteiger partial charge in [-0.1, -0.05) is 0 Å². The summed E-state index contributed by atoms with van der Waals surface area (Å²) >= 11 is 0. The topological polar surface area (TPSA) is 44.4 Å². The van der Waals surface area contributed by atoms with Gasteiger partial charge in [-0.05, 0) is 38.1 Å². The van der Waals surface area contributed by atoms with E-state index in [9.17, 15) is 4.79 Å². The molecule has 0 saturated carbocycles. The summed E-state index contributed by atoms with van der Waals surface area (Å²) in [7, 11) is 1.65. The average Bonchev–Trinajstić information content (AvgIpc) is 2.37. The Morgan fingerprint density at radius 3 is 2.56 bits per heavy atom. The summed E-state index contributed by atoms with van der Waals surface area (Å²) in [6.07, 6.45) is 0. The van der Waals surface area contributed by atoms with Crippen molar-refractivity contribution in [2.24, 2.45) is 0 Å². The van der Waals surface area contributed by atoms with Gasteiger partial charge in [0.25, 0.3) is 5.91 Å². The molecule has 0 bridgehead atoms. The van der Waals surface area contributed by atoms with Crippen LogP contribution in [0.1, 0.15) is 24.2 Å². The maximum Gasteiger partial charge on any atom is 0.251 e. The van der Waals surface area contributed by atoms with Gasteiger partial charge >= 0.3 is 0 Å². The van der Waals surface area contributed by atoms with Crippen LogP contribution in [0.15, 0.2) is 24.3 Å². The summed E-state index contributed by atoms with van der Waals surface area (Å²) in [5, 5.41) is 6.04. The zero-order valence-electron chi connectivity index (χ0n) is 11.3. The number of hydrogen-bond donors (Lipinski definition) is 2. The Labute approximate surface area is 108 Å². The third-order valence-electron chi connectivity index (χ3n) is 3.47. The quantitative estimate of drug-likeness (QED) is 0.826. The lowest BCUT2D eigenvalue weighted by Crippen LogP contribution is -2.58. The highest BCUT2D eigenvalue weighted by molar-refractivity contribution is 5.94. The SMILES string of the molecule is CNC(=O)c1ccc(N2CCNCC2(C)C)cc1. The van der Waals surface area contributed by atoms with Crippen molar-refractivity contribution >= 4 is 11.6 Å². The molecule has 1 aliphatic heterocycles. The van der Waals surface area contributed by atoms with Crippen LogP contribution >= 0.6 is 0 Å². The lowest BCUT2D eigenvalue weighted by Gasteiger charge is -2.44. The molecule has 1 aliphatic rings. The van der Waals surface area contributed by atoms with Crippen molar-refractivity contribution in [3.8, 4) is 0 Å². The molecule has 2 N–H and O–H groups in total. The Morgan fingerprint density at radius 2 is 2.00 bits per heavy atom. The summed E-state index contributed by atoms with van der Waals surface area (Å²) in [6.45, 7) is 7.43. The highest BCUT2D eigenvalue weighted by atomic mass is 16.1. The van der Waals surface area contributed by atoms with Crippen LogP contribution in [0, 0.1) is 0 Å². The Morgan fingerprint density at radius 1 is 1.33 bits per heavy atom. The summed E-state index contributed by atoms with van der Waals surface area (Å²) < 4.78 is 0. The molecule has 1 aromatic rings. The van der Waals surface area contributed by atoms with E-state index in [2.05, 4.69) is 29.4 Å². The molecule has 1 amide bonds. The minimum Gasteiger partial charge on any atom is -0.364 e. The van der Waals surface area contributed by atoms with E-state index in [1.807, 2.05) is 24.3 Å². The fourth-order valence-electron chi connectivity index (χ4n) is 2.40. The molecule has 0 spiro atoms. The zero-order valence-corrected chi connectivity index (χ0v) is 11.3. The maximum atomic E-state index is 11.5. The van der Waals surface area contributed by atoms with Gasteiger partial charge in [0.1, 0.15) is 0 Å². The summed E-state index contributed by atoms with van der Waals surface area (Å²) in [6, 6.07) is 7.81. The molecule has 0 radical (unpaired) electrons. The standard InChI is InChI=1S/C14H21N3O/c1-14(2)10-16-8-9-17(14)12-6-4-11(5-7-12)13(18)15-3/h4-7,16H,8-10H2,1-3H3,(H,15,18). The molecule has 4 nitrogen and oxygen atoms in total. The Bertz CT molecular complexity index is 425. The Kier molecular flexibility index (Phi) is 3.57. The van der Waals surface area contributed by atoms with E-state index in [1.165, 1.54) is 5.69 Å². The van der Waals surface area contributed by atoms with Gasteiger partial charge in [0, 0.05) is 43.5 Å². The highest BCUT2D eigenvalue weighted by Gasteiger charge is 2.29. The van der Waals surface area contributed by atoms with Crippen molar-refractivity contribution in [1.82, 2.24) is 10.6 Å². The van der Waals surface area contributed by atoms with E-state index in [1.54, 1.807) is 7.05 Å². The van der Waals surface area contributed by atoms with Gasteiger partial charge in [0.15, 0.2) is 0 Å². The van der Waals surface area contributed by atoms with Crippen LogP contribution in [0.4, 0.5) is 5.69 Å². The molecule has 0 atom stereocenters. The van der Waals surface area contributed by atoms with Crippen LogP contribution in [-0.4, -0.2) is 38.1 Å². The number of hydrogen-bond acceptors (Lipinski definition) is 3. The van der Waals surface area contributed by atoms with Crippen LogP contribution in [0.5, 0.6) is 0 Å². The van der Waals surface area contributed by atoms with Gasteiger partial charge in [-0.2, -0.15) is 0 Å².